The normalized spacial score (nSPS) is 14.5. The summed E-state index contributed by atoms with van der Waals surface area (Å²) in [6, 6.07) is 1.56. The third-order valence-electron chi connectivity index (χ3n) is 2.28. The molecule has 1 amide bonds. The average Bonchev–Trinajstić information content (AvgIpc) is 2.61. The van der Waals surface area contributed by atoms with Crippen molar-refractivity contribution in [2.75, 3.05) is 6.54 Å². The van der Waals surface area contributed by atoms with E-state index in [9.17, 15) is 9.90 Å². The zero-order chi connectivity index (χ0) is 12.2. The minimum absolute atomic E-state index is 0.214. The maximum atomic E-state index is 11.6. The molecule has 0 saturated heterocycles. The highest BCUT2D eigenvalue weighted by atomic mass is 16.5. The summed E-state index contributed by atoms with van der Waals surface area (Å²) in [5, 5.41) is 16.1. The molecule has 16 heavy (non-hydrogen) atoms. The number of aromatic nitrogens is 1. The Bertz CT molecular complexity index is 358. The summed E-state index contributed by atoms with van der Waals surface area (Å²) in [5.41, 5.74) is -0.631. The van der Waals surface area contributed by atoms with Crippen LogP contribution in [0.4, 0.5) is 0 Å². The van der Waals surface area contributed by atoms with Crippen LogP contribution in [-0.2, 0) is 0 Å². The van der Waals surface area contributed by atoms with Crippen LogP contribution in [0.5, 0.6) is 0 Å². The van der Waals surface area contributed by atoms with Crippen molar-refractivity contribution >= 4 is 5.91 Å². The number of hydrogen-bond donors (Lipinski definition) is 2. The van der Waals surface area contributed by atoms with Crippen LogP contribution in [0.2, 0.25) is 0 Å². The fraction of sp³-hybridized carbons (Fsp3) is 0.636. The number of hydrogen-bond acceptors (Lipinski definition) is 4. The molecule has 1 heterocycles. The molecule has 0 aliphatic rings. The quantitative estimate of drug-likeness (QED) is 0.792. The summed E-state index contributed by atoms with van der Waals surface area (Å²) < 4.78 is 4.79. The number of carbonyl (C=O) groups excluding carboxylic acids is 1. The lowest BCUT2D eigenvalue weighted by Gasteiger charge is -2.22. The molecule has 0 aliphatic carbocycles. The van der Waals surface area contributed by atoms with E-state index >= 15 is 0 Å². The van der Waals surface area contributed by atoms with E-state index in [0.717, 1.165) is 6.42 Å². The van der Waals surface area contributed by atoms with Gasteiger partial charge in [-0.1, -0.05) is 18.5 Å². The Kier molecular flexibility index (Phi) is 4.06. The van der Waals surface area contributed by atoms with Gasteiger partial charge in [0.1, 0.15) is 5.76 Å². The number of nitrogens with zero attached hydrogens (tertiary/aromatic N) is 1. The number of rotatable bonds is 5. The van der Waals surface area contributed by atoms with Gasteiger partial charge in [-0.2, -0.15) is 0 Å². The molecule has 1 unspecified atom stereocenters. The minimum atomic E-state index is -0.872. The van der Waals surface area contributed by atoms with E-state index < -0.39 is 5.60 Å². The van der Waals surface area contributed by atoms with Crippen molar-refractivity contribution < 1.29 is 14.4 Å². The first kappa shape index (κ1) is 12.7. The van der Waals surface area contributed by atoms with Crippen molar-refractivity contribution in [2.45, 2.75) is 39.2 Å². The Balaban J connectivity index is 2.47. The van der Waals surface area contributed by atoms with E-state index in [1.54, 1.807) is 19.9 Å². The molecule has 1 atom stereocenters. The predicted molar refractivity (Wildman–Crippen MR) is 59.1 cm³/mol. The molecule has 90 valence electrons. The lowest BCUT2D eigenvalue weighted by molar-refractivity contribution is 0.0467. The average molecular weight is 226 g/mol. The minimum Gasteiger partial charge on any atom is -0.388 e. The van der Waals surface area contributed by atoms with Gasteiger partial charge in [0.25, 0.3) is 5.91 Å². The second-order valence-electron chi connectivity index (χ2n) is 4.25. The van der Waals surface area contributed by atoms with Gasteiger partial charge in [0, 0.05) is 12.6 Å². The third-order valence-corrected chi connectivity index (χ3v) is 2.28. The lowest BCUT2D eigenvalue weighted by Crippen LogP contribution is -2.40. The topological polar surface area (TPSA) is 75.4 Å². The van der Waals surface area contributed by atoms with E-state index in [0.29, 0.717) is 12.2 Å². The first-order chi connectivity index (χ1) is 7.44. The number of aryl methyl sites for hydroxylation is 1. The van der Waals surface area contributed by atoms with Gasteiger partial charge in [0.2, 0.25) is 0 Å². The van der Waals surface area contributed by atoms with Crippen LogP contribution < -0.4 is 5.32 Å². The second-order valence-corrected chi connectivity index (χ2v) is 4.25. The fourth-order valence-electron chi connectivity index (χ4n) is 1.46. The molecule has 1 aromatic heterocycles. The fourth-order valence-corrected chi connectivity index (χ4v) is 1.46. The van der Waals surface area contributed by atoms with Crippen LogP contribution in [0, 0.1) is 6.92 Å². The van der Waals surface area contributed by atoms with E-state index in [1.807, 2.05) is 6.92 Å². The monoisotopic (exact) mass is 226 g/mol. The van der Waals surface area contributed by atoms with Gasteiger partial charge in [0.05, 0.1) is 5.60 Å². The molecule has 1 aromatic rings. The maximum absolute atomic E-state index is 11.6. The van der Waals surface area contributed by atoms with Crippen LogP contribution in [0.15, 0.2) is 10.6 Å². The zero-order valence-corrected chi connectivity index (χ0v) is 9.91. The van der Waals surface area contributed by atoms with Gasteiger partial charge in [-0.25, -0.2) is 0 Å². The number of carbonyl (C=O) groups is 1. The molecular formula is C11H18N2O3. The Morgan fingerprint density at radius 2 is 2.38 bits per heavy atom. The van der Waals surface area contributed by atoms with Crippen molar-refractivity contribution in [3.63, 3.8) is 0 Å². The van der Waals surface area contributed by atoms with Gasteiger partial charge in [-0.15, -0.1) is 0 Å². The summed E-state index contributed by atoms with van der Waals surface area (Å²) in [4.78, 5) is 11.6. The molecule has 0 aromatic carbocycles. The smallest absolute Gasteiger partial charge is 0.273 e. The van der Waals surface area contributed by atoms with E-state index in [-0.39, 0.29) is 18.1 Å². The second kappa shape index (κ2) is 5.12. The van der Waals surface area contributed by atoms with Gasteiger partial charge in [-0.05, 0) is 20.3 Å². The van der Waals surface area contributed by atoms with E-state index in [4.69, 9.17) is 4.52 Å². The Labute approximate surface area is 94.8 Å². The van der Waals surface area contributed by atoms with Gasteiger partial charge >= 0.3 is 0 Å². The molecule has 0 aliphatic heterocycles. The first-order valence-electron chi connectivity index (χ1n) is 5.38. The van der Waals surface area contributed by atoms with Crippen molar-refractivity contribution in [3.8, 4) is 0 Å². The largest absolute Gasteiger partial charge is 0.388 e. The van der Waals surface area contributed by atoms with Crippen LogP contribution in [0.1, 0.15) is 42.9 Å². The molecular weight excluding hydrogens is 208 g/mol. The van der Waals surface area contributed by atoms with E-state index in [1.165, 1.54) is 0 Å². The Morgan fingerprint density at radius 3 is 2.88 bits per heavy atom. The summed E-state index contributed by atoms with van der Waals surface area (Å²) in [7, 11) is 0. The summed E-state index contributed by atoms with van der Waals surface area (Å²) in [6.45, 7) is 5.62. The van der Waals surface area contributed by atoms with Crippen molar-refractivity contribution in [1.82, 2.24) is 10.5 Å². The lowest BCUT2D eigenvalue weighted by atomic mass is 10.0. The predicted octanol–water partition coefficient (Wildman–Crippen LogP) is 1.26. The highest BCUT2D eigenvalue weighted by molar-refractivity contribution is 5.92. The van der Waals surface area contributed by atoms with Crippen molar-refractivity contribution in [2.24, 2.45) is 0 Å². The van der Waals surface area contributed by atoms with Crippen LogP contribution in [0.25, 0.3) is 0 Å². The molecule has 1 rings (SSSR count). The highest BCUT2D eigenvalue weighted by Gasteiger charge is 2.21. The molecule has 0 radical (unpaired) electrons. The summed E-state index contributed by atoms with van der Waals surface area (Å²) >= 11 is 0. The zero-order valence-electron chi connectivity index (χ0n) is 9.91. The van der Waals surface area contributed by atoms with Gasteiger partial charge in [0.15, 0.2) is 5.69 Å². The first-order valence-corrected chi connectivity index (χ1v) is 5.38. The van der Waals surface area contributed by atoms with Crippen LogP contribution in [0.3, 0.4) is 0 Å². The molecule has 2 N–H and O–H groups in total. The highest BCUT2D eigenvalue weighted by Crippen LogP contribution is 2.10. The molecule has 0 fully saturated rings. The third kappa shape index (κ3) is 3.66. The summed E-state index contributed by atoms with van der Waals surface area (Å²) in [6.07, 6.45) is 1.51. The molecule has 5 heteroatoms. The number of nitrogens with one attached hydrogen (secondary N) is 1. The van der Waals surface area contributed by atoms with Crippen LogP contribution in [-0.4, -0.2) is 28.3 Å². The van der Waals surface area contributed by atoms with Crippen LogP contribution >= 0.6 is 0 Å². The number of amides is 1. The van der Waals surface area contributed by atoms with Crippen molar-refractivity contribution in [3.05, 3.63) is 17.5 Å². The molecule has 5 nitrogen and oxygen atoms in total. The molecule has 0 saturated carbocycles. The summed E-state index contributed by atoms with van der Waals surface area (Å²) in [5.74, 6) is 0.263. The SMILES string of the molecule is CCCC(C)(O)CNC(=O)c1cc(C)on1. The van der Waals surface area contributed by atoms with Crippen molar-refractivity contribution in [1.29, 1.82) is 0 Å². The Hall–Kier alpha value is -1.36. The van der Waals surface area contributed by atoms with E-state index in [2.05, 4.69) is 10.5 Å². The molecule has 0 bridgehead atoms. The molecule has 0 spiro atoms. The van der Waals surface area contributed by atoms with Gasteiger partial charge in [-0.3, -0.25) is 4.79 Å². The standard InChI is InChI=1S/C11H18N2O3/c1-4-5-11(3,15)7-12-10(14)9-6-8(2)16-13-9/h6,15H,4-5,7H2,1-3H3,(H,12,14). The maximum Gasteiger partial charge on any atom is 0.273 e. The number of aliphatic hydroxyl groups is 1. The van der Waals surface area contributed by atoms with Gasteiger partial charge < -0.3 is 14.9 Å². The Morgan fingerprint density at radius 1 is 1.69 bits per heavy atom.